The first kappa shape index (κ1) is 15.6. The van der Waals surface area contributed by atoms with Crippen LogP contribution in [0, 0.1) is 5.92 Å². The molecule has 3 rings (SSSR count). The molecule has 7 heteroatoms. The van der Waals surface area contributed by atoms with Gasteiger partial charge in [0.2, 0.25) is 17.6 Å². The number of aliphatic hydroxyl groups is 1. The molecule has 0 aliphatic carbocycles. The molecule has 122 valence electrons. The minimum Gasteiger partial charge on any atom is -0.391 e. The Morgan fingerprint density at radius 2 is 2.22 bits per heavy atom. The van der Waals surface area contributed by atoms with Gasteiger partial charge in [0.15, 0.2) is 0 Å². The fourth-order valence-electron chi connectivity index (χ4n) is 2.62. The van der Waals surface area contributed by atoms with E-state index in [4.69, 9.17) is 4.52 Å². The van der Waals surface area contributed by atoms with Crippen molar-refractivity contribution in [1.82, 2.24) is 20.0 Å². The van der Waals surface area contributed by atoms with Gasteiger partial charge in [0, 0.05) is 43.9 Å². The summed E-state index contributed by atoms with van der Waals surface area (Å²) < 4.78 is 5.19. The Hall–Kier alpha value is -2.28. The maximum atomic E-state index is 12.2. The monoisotopic (exact) mass is 316 g/mol. The van der Waals surface area contributed by atoms with Crippen molar-refractivity contribution in [3.8, 4) is 11.4 Å². The summed E-state index contributed by atoms with van der Waals surface area (Å²) in [5.41, 5.74) is 0.828. The van der Waals surface area contributed by atoms with Gasteiger partial charge in [-0.1, -0.05) is 12.1 Å². The zero-order valence-electron chi connectivity index (χ0n) is 13.1. The number of β-amino-alcohol motifs (C(OH)–C–C–N with tert-alkyl or cyclic N) is 1. The van der Waals surface area contributed by atoms with E-state index in [1.165, 1.54) is 0 Å². The van der Waals surface area contributed by atoms with Crippen LogP contribution in [0.4, 0.5) is 0 Å². The van der Waals surface area contributed by atoms with Crippen molar-refractivity contribution in [3.05, 3.63) is 30.4 Å². The first-order valence-electron chi connectivity index (χ1n) is 7.82. The van der Waals surface area contributed by atoms with Crippen LogP contribution in [0.25, 0.3) is 11.4 Å². The van der Waals surface area contributed by atoms with Crippen LogP contribution in [0.5, 0.6) is 0 Å². The molecule has 2 atom stereocenters. The molecule has 0 aromatic carbocycles. The second-order valence-electron chi connectivity index (χ2n) is 5.92. The zero-order chi connectivity index (χ0) is 16.2. The van der Waals surface area contributed by atoms with E-state index < -0.39 is 6.10 Å². The van der Waals surface area contributed by atoms with E-state index in [-0.39, 0.29) is 11.8 Å². The van der Waals surface area contributed by atoms with Crippen molar-refractivity contribution in [2.75, 3.05) is 13.1 Å². The van der Waals surface area contributed by atoms with E-state index in [1.807, 2.05) is 6.92 Å². The maximum absolute atomic E-state index is 12.2. The van der Waals surface area contributed by atoms with E-state index in [0.29, 0.717) is 37.6 Å². The summed E-state index contributed by atoms with van der Waals surface area (Å²) in [5, 5.41) is 13.8. The average Bonchev–Trinajstić information content (AvgIpc) is 3.05. The number of carbonyl (C=O) groups is 1. The molecule has 3 heterocycles. The smallest absolute Gasteiger partial charge is 0.227 e. The summed E-state index contributed by atoms with van der Waals surface area (Å²) in [4.78, 5) is 22.2. The Bertz CT molecular complexity index is 658. The number of hydrogen-bond donors (Lipinski definition) is 1. The standard InChI is InChI=1S/C16H20N4O3/c1-11-6-9-20(10-13(11)21)15(22)3-2-14-18-16(19-23-14)12-4-7-17-8-5-12/h4-5,7-8,11,13,21H,2-3,6,9-10H2,1H3. The predicted octanol–water partition coefficient (Wildman–Crippen LogP) is 1.29. The van der Waals surface area contributed by atoms with Crippen LogP contribution in [0.2, 0.25) is 0 Å². The highest BCUT2D eigenvalue weighted by Crippen LogP contribution is 2.18. The summed E-state index contributed by atoms with van der Waals surface area (Å²) >= 11 is 0. The van der Waals surface area contributed by atoms with Crippen LogP contribution < -0.4 is 0 Å². The molecule has 2 aromatic heterocycles. The van der Waals surface area contributed by atoms with Crippen LogP contribution in [-0.4, -0.2) is 50.2 Å². The van der Waals surface area contributed by atoms with Gasteiger partial charge >= 0.3 is 0 Å². The van der Waals surface area contributed by atoms with Gasteiger partial charge in [-0.15, -0.1) is 0 Å². The lowest BCUT2D eigenvalue weighted by molar-refractivity contribution is -0.135. The van der Waals surface area contributed by atoms with Gasteiger partial charge in [-0.05, 0) is 24.5 Å². The molecule has 1 aliphatic heterocycles. The average molecular weight is 316 g/mol. The Morgan fingerprint density at radius 1 is 1.43 bits per heavy atom. The molecule has 1 fully saturated rings. The summed E-state index contributed by atoms with van der Waals surface area (Å²) in [5.74, 6) is 1.20. The van der Waals surface area contributed by atoms with Gasteiger partial charge in [0.1, 0.15) is 0 Å². The van der Waals surface area contributed by atoms with E-state index in [0.717, 1.165) is 12.0 Å². The van der Waals surface area contributed by atoms with Crippen LogP contribution >= 0.6 is 0 Å². The predicted molar refractivity (Wildman–Crippen MR) is 82.2 cm³/mol. The number of nitrogens with zero attached hydrogens (tertiary/aromatic N) is 4. The molecule has 1 saturated heterocycles. The summed E-state index contributed by atoms with van der Waals surface area (Å²) in [6.07, 6.45) is 4.43. The number of rotatable bonds is 4. The van der Waals surface area contributed by atoms with E-state index in [1.54, 1.807) is 29.4 Å². The van der Waals surface area contributed by atoms with Crippen molar-refractivity contribution >= 4 is 5.91 Å². The highest BCUT2D eigenvalue weighted by Gasteiger charge is 2.27. The van der Waals surface area contributed by atoms with Crippen molar-refractivity contribution < 1.29 is 14.4 Å². The zero-order valence-corrected chi connectivity index (χ0v) is 13.1. The molecule has 1 amide bonds. The van der Waals surface area contributed by atoms with Gasteiger partial charge in [-0.25, -0.2) is 0 Å². The van der Waals surface area contributed by atoms with Crippen molar-refractivity contribution in [1.29, 1.82) is 0 Å². The third-order valence-electron chi connectivity index (χ3n) is 4.23. The minimum atomic E-state index is -0.436. The normalized spacial score (nSPS) is 21.4. The third-order valence-corrected chi connectivity index (χ3v) is 4.23. The number of piperidine rings is 1. The molecule has 0 bridgehead atoms. The molecule has 2 aromatic rings. The minimum absolute atomic E-state index is 0.0135. The number of pyridine rings is 1. The number of carbonyl (C=O) groups excluding carboxylic acids is 1. The molecule has 0 spiro atoms. The first-order chi connectivity index (χ1) is 11.1. The number of hydrogen-bond acceptors (Lipinski definition) is 6. The number of likely N-dealkylation sites (tertiary alicyclic amines) is 1. The van der Waals surface area contributed by atoms with E-state index in [2.05, 4.69) is 15.1 Å². The molecule has 2 unspecified atom stereocenters. The van der Waals surface area contributed by atoms with Crippen LogP contribution in [-0.2, 0) is 11.2 Å². The lowest BCUT2D eigenvalue weighted by Crippen LogP contribution is -2.45. The molecular formula is C16H20N4O3. The lowest BCUT2D eigenvalue weighted by Gasteiger charge is -2.34. The summed E-state index contributed by atoms with van der Waals surface area (Å²) in [6.45, 7) is 3.11. The van der Waals surface area contributed by atoms with Crippen LogP contribution in [0.1, 0.15) is 25.7 Å². The van der Waals surface area contributed by atoms with Gasteiger partial charge < -0.3 is 14.5 Å². The SMILES string of the molecule is CC1CCN(C(=O)CCc2nc(-c3ccncc3)no2)CC1O. The van der Waals surface area contributed by atoms with E-state index in [9.17, 15) is 9.90 Å². The van der Waals surface area contributed by atoms with Gasteiger partial charge in [0.05, 0.1) is 6.10 Å². The molecule has 0 radical (unpaired) electrons. The number of aromatic nitrogens is 3. The Labute approximate surface area is 134 Å². The van der Waals surface area contributed by atoms with Gasteiger partial charge in [0.25, 0.3) is 0 Å². The van der Waals surface area contributed by atoms with E-state index >= 15 is 0 Å². The largest absolute Gasteiger partial charge is 0.391 e. The van der Waals surface area contributed by atoms with Crippen molar-refractivity contribution in [2.45, 2.75) is 32.3 Å². The maximum Gasteiger partial charge on any atom is 0.227 e. The molecule has 1 aliphatic rings. The molecule has 23 heavy (non-hydrogen) atoms. The fraction of sp³-hybridized carbons (Fsp3) is 0.500. The summed E-state index contributed by atoms with van der Waals surface area (Å²) in [7, 11) is 0. The number of aryl methyl sites for hydroxylation is 1. The molecule has 1 N–H and O–H groups in total. The Kier molecular flexibility index (Phi) is 4.66. The second-order valence-corrected chi connectivity index (χ2v) is 5.92. The highest BCUT2D eigenvalue weighted by atomic mass is 16.5. The lowest BCUT2D eigenvalue weighted by atomic mass is 9.96. The Balaban J connectivity index is 1.55. The summed E-state index contributed by atoms with van der Waals surface area (Å²) in [6, 6.07) is 3.60. The van der Waals surface area contributed by atoms with Crippen molar-refractivity contribution in [3.63, 3.8) is 0 Å². The fourth-order valence-corrected chi connectivity index (χ4v) is 2.62. The van der Waals surface area contributed by atoms with Crippen LogP contribution in [0.3, 0.4) is 0 Å². The first-order valence-corrected chi connectivity index (χ1v) is 7.82. The third kappa shape index (κ3) is 3.73. The second kappa shape index (κ2) is 6.87. The quantitative estimate of drug-likeness (QED) is 0.914. The Morgan fingerprint density at radius 3 is 2.96 bits per heavy atom. The topological polar surface area (TPSA) is 92.4 Å². The number of aliphatic hydroxyl groups excluding tert-OH is 1. The molecular weight excluding hydrogens is 296 g/mol. The van der Waals surface area contributed by atoms with Crippen molar-refractivity contribution in [2.24, 2.45) is 5.92 Å². The molecule has 0 saturated carbocycles. The molecule has 7 nitrogen and oxygen atoms in total. The van der Waals surface area contributed by atoms with Crippen LogP contribution in [0.15, 0.2) is 29.0 Å². The highest BCUT2D eigenvalue weighted by molar-refractivity contribution is 5.76. The van der Waals surface area contributed by atoms with Gasteiger partial charge in [-0.2, -0.15) is 4.98 Å². The number of amides is 1. The van der Waals surface area contributed by atoms with Gasteiger partial charge in [-0.3, -0.25) is 9.78 Å².